The second-order valence-corrected chi connectivity index (χ2v) is 7.85. The summed E-state index contributed by atoms with van der Waals surface area (Å²) in [5.74, 6) is 1.01. The Hall–Kier alpha value is -3.06. The molecule has 1 atom stereocenters. The first-order chi connectivity index (χ1) is 15.0. The largest absolute Gasteiger partial charge is 0.493 e. The third kappa shape index (κ3) is 4.10. The van der Waals surface area contributed by atoms with E-state index in [2.05, 4.69) is 11.0 Å². The fourth-order valence-electron chi connectivity index (χ4n) is 4.61. The number of hydrogen-bond acceptors (Lipinski definition) is 6. The van der Waals surface area contributed by atoms with E-state index in [1.165, 1.54) is 12.7 Å². The highest BCUT2D eigenvalue weighted by atomic mass is 16.5. The lowest BCUT2D eigenvalue weighted by Gasteiger charge is -2.37. The minimum absolute atomic E-state index is 0.0451. The molecule has 0 radical (unpaired) electrons. The number of benzene rings is 2. The van der Waals surface area contributed by atoms with Crippen molar-refractivity contribution in [1.82, 2.24) is 4.90 Å². The van der Waals surface area contributed by atoms with Crippen molar-refractivity contribution in [2.24, 2.45) is 0 Å². The second-order valence-electron chi connectivity index (χ2n) is 7.85. The second kappa shape index (κ2) is 8.98. The molecule has 0 saturated heterocycles. The van der Waals surface area contributed by atoms with E-state index in [9.17, 15) is 9.59 Å². The van der Waals surface area contributed by atoms with E-state index in [4.69, 9.17) is 14.2 Å². The predicted molar refractivity (Wildman–Crippen MR) is 117 cm³/mol. The van der Waals surface area contributed by atoms with Crippen LogP contribution < -0.4 is 14.4 Å². The van der Waals surface area contributed by atoms with E-state index in [1.807, 2.05) is 35.2 Å². The van der Waals surface area contributed by atoms with E-state index in [1.54, 1.807) is 14.2 Å². The number of hydrogen-bond donors (Lipinski definition) is 0. The molecular formula is C24H28N2O5. The van der Waals surface area contributed by atoms with Gasteiger partial charge in [-0.15, -0.1) is 0 Å². The molecule has 2 aromatic carbocycles. The quantitative estimate of drug-likeness (QED) is 0.665. The van der Waals surface area contributed by atoms with Crippen LogP contribution in [-0.2, 0) is 27.2 Å². The zero-order chi connectivity index (χ0) is 22.0. The number of methoxy groups -OCH3 is 3. The van der Waals surface area contributed by atoms with Gasteiger partial charge in [-0.1, -0.05) is 18.2 Å². The van der Waals surface area contributed by atoms with E-state index < -0.39 is 0 Å². The van der Waals surface area contributed by atoms with Gasteiger partial charge in [-0.3, -0.25) is 14.5 Å². The van der Waals surface area contributed by atoms with Crippen LogP contribution in [0.4, 0.5) is 5.69 Å². The molecule has 0 aromatic heterocycles. The highest BCUT2D eigenvalue weighted by Crippen LogP contribution is 2.39. The van der Waals surface area contributed by atoms with Crippen molar-refractivity contribution in [3.05, 3.63) is 53.1 Å². The van der Waals surface area contributed by atoms with Gasteiger partial charge in [0.05, 0.1) is 34.3 Å². The predicted octanol–water partition coefficient (Wildman–Crippen LogP) is 2.76. The van der Waals surface area contributed by atoms with Gasteiger partial charge in [0.2, 0.25) is 5.91 Å². The average molecular weight is 424 g/mol. The molecule has 2 heterocycles. The molecule has 2 aromatic rings. The molecule has 1 amide bonds. The minimum atomic E-state index is -0.309. The van der Waals surface area contributed by atoms with Gasteiger partial charge in [0.25, 0.3) is 0 Å². The van der Waals surface area contributed by atoms with Crippen molar-refractivity contribution in [3.63, 3.8) is 0 Å². The molecule has 0 aliphatic carbocycles. The topological polar surface area (TPSA) is 68.3 Å². The van der Waals surface area contributed by atoms with Gasteiger partial charge in [0, 0.05) is 24.8 Å². The lowest BCUT2D eigenvalue weighted by molar-refractivity contribution is -0.142. The van der Waals surface area contributed by atoms with Crippen LogP contribution >= 0.6 is 0 Å². The third-order valence-electron chi connectivity index (χ3n) is 6.23. The van der Waals surface area contributed by atoms with E-state index in [0.29, 0.717) is 24.6 Å². The zero-order valence-electron chi connectivity index (χ0n) is 18.2. The summed E-state index contributed by atoms with van der Waals surface area (Å²) in [6.07, 6.45) is 1.80. The summed E-state index contributed by atoms with van der Waals surface area (Å²) in [7, 11) is 4.59. The number of fused-ring (bicyclic) bond motifs is 2. The number of anilines is 1. The Kier molecular flexibility index (Phi) is 6.13. The summed E-state index contributed by atoms with van der Waals surface area (Å²) in [5, 5.41) is 0. The maximum atomic E-state index is 13.2. The van der Waals surface area contributed by atoms with Crippen molar-refractivity contribution in [1.29, 1.82) is 0 Å². The fraction of sp³-hybridized carbons (Fsp3) is 0.417. The molecule has 31 heavy (non-hydrogen) atoms. The summed E-state index contributed by atoms with van der Waals surface area (Å²) in [6, 6.07) is 11.6. The van der Waals surface area contributed by atoms with Crippen LogP contribution in [0.25, 0.3) is 0 Å². The van der Waals surface area contributed by atoms with Gasteiger partial charge in [-0.25, -0.2) is 0 Å². The SMILES string of the molecule is COC(=O)C[C@@H]1c2cc(OC)c(OC)cc2CCN1CC(=O)N1CCc2ccccc21. The van der Waals surface area contributed by atoms with Crippen molar-refractivity contribution in [2.75, 3.05) is 45.9 Å². The molecule has 0 spiro atoms. The van der Waals surface area contributed by atoms with Crippen LogP contribution in [0.3, 0.4) is 0 Å². The molecular weight excluding hydrogens is 396 g/mol. The van der Waals surface area contributed by atoms with E-state index in [-0.39, 0.29) is 30.9 Å². The molecule has 0 unspecified atom stereocenters. The number of carbonyl (C=O) groups excluding carboxylic acids is 2. The Bertz CT molecular complexity index is 990. The molecule has 2 aliphatic heterocycles. The number of nitrogens with zero attached hydrogens (tertiary/aromatic N) is 2. The van der Waals surface area contributed by atoms with Crippen molar-refractivity contribution >= 4 is 17.6 Å². The standard InChI is InChI=1S/C24H28N2O5/c1-29-21-12-17-8-10-25(20(14-24(28)31-3)18(17)13-22(21)30-2)15-23(27)26-11-9-16-6-4-5-7-19(16)26/h4-7,12-13,20H,8-11,14-15H2,1-3H3/t20-/m1/s1. The smallest absolute Gasteiger partial charge is 0.307 e. The normalized spacial score (nSPS) is 17.6. The number of esters is 1. The van der Waals surface area contributed by atoms with Gasteiger partial charge < -0.3 is 19.1 Å². The van der Waals surface area contributed by atoms with Crippen molar-refractivity contribution in [2.45, 2.75) is 25.3 Å². The van der Waals surface area contributed by atoms with Crippen LogP contribution in [0, 0.1) is 0 Å². The Labute approximate surface area is 182 Å². The number of ether oxygens (including phenoxy) is 3. The molecule has 7 heteroatoms. The number of carbonyl (C=O) groups is 2. The molecule has 0 fully saturated rings. The van der Waals surface area contributed by atoms with Crippen LogP contribution in [0.1, 0.15) is 29.2 Å². The van der Waals surface area contributed by atoms with Crippen molar-refractivity contribution in [3.8, 4) is 11.5 Å². The van der Waals surface area contributed by atoms with Gasteiger partial charge in [0.15, 0.2) is 11.5 Å². The summed E-state index contributed by atoms with van der Waals surface area (Å²) >= 11 is 0. The first kappa shape index (κ1) is 21.2. The molecule has 164 valence electrons. The van der Waals surface area contributed by atoms with Gasteiger partial charge >= 0.3 is 5.97 Å². The van der Waals surface area contributed by atoms with Crippen LogP contribution in [0.2, 0.25) is 0 Å². The van der Waals surface area contributed by atoms with Gasteiger partial charge in [0.1, 0.15) is 0 Å². The summed E-state index contributed by atoms with van der Waals surface area (Å²) in [5.41, 5.74) is 4.26. The lowest BCUT2D eigenvalue weighted by atomic mass is 9.90. The van der Waals surface area contributed by atoms with E-state index in [0.717, 1.165) is 29.7 Å². The van der Waals surface area contributed by atoms with Crippen LogP contribution in [0.5, 0.6) is 11.5 Å². The molecule has 2 aliphatic rings. The zero-order valence-corrected chi connectivity index (χ0v) is 18.2. The highest BCUT2D eigenvalue weighted by Gasteiger charge is 2.34. The monoisotopic (exact) mass is 424 g/mol. The number of rotatable bonds is 6. The Morgan fingerprint density at radius 3 is 2.42 bits per heavy atom. The fourth-order valence-corrected chi connectivity index (χ4v) is 4.61. The molecule has 0 N–H and O–H groups in total. The van der Waals surface area contributed by atoms with Gasteiger partial charge in [-0.05, 0) is 47.7 Å². The third-order valence-corrected chi connectivity index (χ3v) is 6.23. The Morgan fingerprint density at radius 2 is 1.68 bits per heavy atom. The maximum Gasteiger partial charge on any atom is 0.307 e. The Balaban J connectivity index is 1.61. The maximum absolute atomic E-state index is 13.2. The number of para-hydroxylation sites is 1. The first-order valence-corrected chi connectivity index (χ1v) is 10.5. The summed E-state index contributed by atoms with van der Waals surface area (Å²) < 4.78 is 15.9. The lowest BCUT2D eigenvalue weighted by Crippen LogP contribution is -2.44. The average Bonchev–Trinajstić information content (AvgIpc) is 3.23. The molecule has 4 rings (SSSR count). The van der Waals surface area contributed by atoms with Crippen LogP contribution in [-0.4, -0.2) is 57.7 Å². The molecule has 7 nitrogen and oxygen atoms in total. The summed E-state index contributed by atoms with van der Waals surface area (Å²) in [4.78, 5) is 29.4. The molecule has 0 bridgehead atoms. The first-order valence-electron chi connectivity index (χ1n) is 10.5. The Morgan fingerprint density at radius 1 is 0.968 bits per heavy atom. The van der Waals surface area contributed by atoms with Crippen LogP contribution in [0.15, 0.2) is 36.4 Å². The molecule has 0 saturated carbocycles. The van der Waals surface area contributed by atoms with Gasteiger partial charge in [-0.2, -0.15) is 0 Å². The van der Waals surface area contributed by atoms with E-state index >= 15 is 0 Å². The summed E-state index contributed by atoms with van der Waals surface area (Å²) in [6.45, 7) is 1.60. The highest BCUT2D eigenvalue weighted by molar-refractivity contribution is 5.96. The number of amides is 1. The van der Waals surface area contributed by atoms with Crippen molar-refractivity contribution < 1.29 is 23.8 Å². The minimum Gasteiger partial charge on any atom is -0.493 e.